The van der Waals surface area contributed by atoms with Gasteiger partial charge in [-0.1, -0.05) is 0 Å². The number of hydrogen-bond acceptors (Lipinski definition) is 7. The van der Waals surface area contributed by atoms with Crippen LogP contribution in [-0.4, -0.2) is 38.6 Å². The number of benzene rings is 1. The molecule has 0 atom stereocenters. The zero-order valence-corrected chi connectivity index (χ0v) is 16.5. The number of rotatable bonds is 8. The molecule has 0 unspecified atom stereocenters. The number of ether oxygens (including phenoxy) is 3. The molecule has 2 aromatic rings. The zero-order chi connectivity index (χ0) is 21.6. The topological polar surface area (TPSA) is 130 Å². The predicted octanol–water partition coefficient (Wildman–Crippen LogP) is 2.53. The van der Waals surface area contributed by atoms with E-state index in [0.29, 0.717) is 17.1 Å². The van der Waals surface area contributed by atoms with E-state index in [0.717, 1.165) is 0 Å². The van der Waals surface area contributed by atoms with Crippen molar-refractivity contribution in [1.82, 2.24) is 0 Å². The van der Waals surface area contributed by atoms with Crippen molar-refractivity contribution in [3.8, 4) is 11.5 Å². The average Bonchev–Trinajstić information content (AvgIpc) is 3.02. The highest BCUT2D eigenvalue weighted by Crippen LogP contribution is 2.28. The van der Waals surface area contributed by atoms with Gasteiger partial charge in [0.1, 0.15) is 28.4 Å². The quantitative estimate of drug-likeness (QED) is 0.512. The highest BCUT2D eigenvalue weighted by molar-refractivity contribution is 6.12. The molecule has 1 aromatic heterocycles. The smallest absolute Gasteiger partial charge is 0.342 e. The van der Waals surface area contributed by atoms with Crippen molar-refractivity contribution in [3.05, 3.63) is 46.7 Å². The van der Waals surface area contributed by atoms with Crippen molar-refractivity contribution in [2.75, 3.05) is 26.1 Å². The Morgan fingerprint density at radius 2 is 1.90 bits per heavy atom. The molecule has 0 saturated carbocycles. The van der Waals surface area contributed by atoms with Crippen LogP contribution in [0.2, 0.25) is 0 Å². The van der Waals surface area contributed by atoms with Gasteiger partial charge < -0.3 is 24.4 Å². The SMILES string of the molecule is CCOC(=O)c1c(C)oc(NC(=O)/C=C/c2cc(OC)ccc2OC)c1C(N)=O. The van der Waals surface area contributed by atoms with Gasteiger partial charge >= 0.3 is 5.97 Å². The number of anilines is 1. The van der Waals surface area contributed by atoms with Crippen molar-refractivity contribution in [2.24, 2.45) is 5.73 Å². The Kier molecular flexibility index (Phi) is 7.02. The van der Waals surface area contributed by atoms with Crippen LogP contribution in [0.25, 0.3) is 6.08 Å². The number of nitrogens with one attached hydrogen (secondary N) is 1. The number of furan rings is 1. The highest BCUT2D eigenvalue weighted by atomic mass is 16.5. The standard InChI is InChI=1S/C20H22N2O7/c1-5-28-20(25)16-11(2)29-19(17(16)18(21)24)22-15(23)9-6-12-10-13(26-3)7-8-14(12)27-4/h6-10H,5H2,1-4H3,(H2,21,24)(H,22,23)/b9-6+. The highest BCUT2D eigenvalue weighted by Gasteiger charge is 2.28. The van der Waals surface area contributed by atoms with Crippen LogP contribution in [0.4, 0.5) is 5.88 Å². The molecule has 154 valence electrons. The lowest BCUT2D eigenvalue weighted by molar-refractivity contribution is -0.111. The maximum atomic E-state index is 12.3. The summed E-state index contributed by atoms with van der Waals surface area (Å²) in [6.45, 7) is 3.19. The van der Waals surface area contributed by atoms with E-state index in [-0.39, 0.29) is 29.4 Å². The number of carbonyl (C=O) groups is 3. The minimum atomic E-state index is -0.932. The molecule has 3 N–H and O–H groups in total. The molecule has 2 rings (SSSR count). The van der Waals surface area contributed by atoms with Crippen LogP contribution in [0.5, 0.6) is 11.5 Å². The van der Waals surface area contributed by atoms with Crippen LogP contribution >= 0.6 is 0 Å². The van der Waals surface area contributed by atoms with E-state index in [4.69, 9.17) is 24.4 Å². The van der Waals surface area contributed by atoms with Gasteiger partial charge in [-0.25, -0.2) is 4.79 Å². The lowest BCUT2D eigenvalue weighted by Crippen LogP contribution is -2.19. The van der Waals surface area contributed by atoms with Crippen LogP contribution in [0, 0.1) is 6.92 Å². The number of hydrogen-bond donors (Lipinski definition) is 2. The monoisotopic (exact) mass is 402 g/mol. The summed E-state index contributed by atoms with van der Waals surface area (Å²) >= 11 is 0. The van der Waals surface area contributed by atoms with E-state index in [1.54, 1.807) is 25.1 Å². The van der Waals surface area contributed by atoms with Crippen molar-refractivity contribution < 1.29 is 33.0 Å². The van der Waals surface area contributed by atoms with Gasteiger partial charge in [-0.3, -0.25) is 14.9 Å². The molecule has 0 fully saturated rings. The lowest BCUT2D eigenvalue weighted by atomic mass is 10.1. The van der Waals surface area contributed by atoms with E-state index in [1.807, 2.05) is 0 Å². The van der Waals surface area contributed by atoms with Crippen LogP contribution in [0.3, 0.4) is 0 Å². The predicted molar refractivity (Wildman–Crippen MR) is 105 cm³/mol. The molecule has 0 saturated heterocycles. The molecule has 0 aliphatic rings. The molecule has 0 radical (unpaired) electrons. The van der Waals surface area contributed by atoms with E-state index in [9.17, 15) is 14.4 Å². The Morgan fingerprint density at radius 1 is 1.17 bits per heavy atom. The number of methoxy groups -OCH3 is 2. The summed E-state index contributed by atoms with van der Waals surface area (Å²) in [4.78, 5) is 36.3. The van der Waals surface area contributed by atoms with Gasteiger partial charge in [0.2, 0.25) is 5.88 Å². The number of nitrogens with two attached hydrogens (primary N) is 1. The fraction of sp³-hybridized carbons (Fsp3) is 0.250. The normalized spacial score (nSPS) is 10.6. The van der Waals surface area contributed by atoms with Gasteiger partial charge in [0.15, 0.2) is 0 Å². The molecular weight excluding hydrogens is 380 g/mol. The Labute approximate surface area is 167 Å². The van der Waals surface area contributed by atoms with E-state index in [2.05, 4.69) is 5.32 Å². The third-order valence-corrected chi connectivity index (χ3v) is 3.90. The van der Waals surface area contributed by atoms with Gasteiger partial charge in [-0.05, 0) is 38.1 Å². The molecule has 0 aliphatic heterocycles. The second kappa shape index (κ2) is 9.45. The summed E-state index contributed by atoms with van der Waals surface area (Å²) < 4.78 is 20.7. The van der Waals surface area contributed by atoms with Crippen LogP contribution < -0.4 is 20.5 Å². The summed E-state index contributed by atoms with van der Waals surface area (Å²) in [6.07, 6.45) is 2.71. The minimum absolute atomic E-state index is 0.103. The molecule has 1 heterocycles. The molecule has 1 aromatic carbocycles. The first-order valence-corrected chi connectivity index (χ1v) is 8.63. The molecule has 0 aliphatic carbocycles. The maximum absolute atomic E-state index is 12.3. The second-order valence-electron chi connectivity index (χ2n) is 5.75. The van der Waals surface area contributed by atoms with Crippen LogP contribution in [-0.2, 0) is 9.53 Å². The van der Waals surface area contributed by atoms with Gasteiger partial charge in [0, 0.05) is 11.6 Å². The minimum Gasteiger partial charge on any atom is -0.497 e. The Balaban J connectivity index is 2.30. The number of esters is 1. The number of aryl methyl sites for hydroxylation is 1. The summed E-state index contributed by atoms with van der Waals surface area (Å²) in [6, 6.07) is 5.11. The van der Waals surface area contributed by atoms with E-state index in [1.165, 1.54) is 33.3 Å². The molecule has 29 heavy (non-hydrogen) atoms. The molecule has 9 heteroatoms. The third kappa shape index (κ3) is 4.95. The first-order chi connectivity index (χ1) is 13.8. The van der Waals surface area contributed by atoms with Gasteiger partial charge in [0.25, 0.3) is 11.8 Å². The summed E-state index contributed by atoms with van der Waals surface area (Å²) in [5.41, 5.74) is 5.60. The first kappa shape index (κ1) is 21.5. The van der Waals surface area contributed by atoms with Crippen molar-refractivity contribution in [2.45, 2.75) is 13.8 Å². The van der Waals surface area contributed by atoms with Gasteiger partial charge in [-0.2, -0.15) is 0 Å². The van der Waals surface area contributed by atoms with Crippen LogP contribution in [0.1, 0.15) is 39.0 Å². The lowest BCUT2D eigenvalue weighted by Gasteiger charge is -2.07. The number of carbonyl (C=O) groups excluding carboxylic acids is 3. The van der Waals surface area contributed by atoms with E-state index >= 15 is 0 Å². The Morgan fingerprint density at radius 3 is 2.48 bits per heavy atom. The van der Waals surface area contributed by atoms with Crippen molar-refractivity contribution >= 4 is 29.7 Å². The molecular formula is C20H22N2O7. The van der Waals surface area contributed by atoms with Crippen molar-refractivity contribution in [1.29, 1.82) is 0 Å². The third-order valence-electron chi connectivity index (χ3n) is 3.90. The van der Waals surface area contributed by atoms with Crippen LogP contribution in [0.15, 0.2) is 28.7 Å². The largest absolute Gasteiger partial charge is 0.497 e. The van der Waals surface area contributed by atoms with Gasteiger partial charge in [0.05, 0.1) is 20.8 Å². The maximum Gasteiger partial charge on any atom is 0.342 e. The first-order valence-electron chi connectivity index (χ1n) is 8.63. The fourth-order valence-electron chi connectivity index (χ4n) is 2.61. The fourth-order valence-corrected chi connectivity index (χ4v) is 2.61. The Bertz CT molecular complexity index is 960. The van der Waals surface area contributed by atoms with E-state index < -0.39 is 17.8 Å². The molecule has 0 bridgehead atoms. The van der Waals surface area contributed by atoms with Crippen molar-refractivity contribution in [3.63, 3.8) is 0 Å². The number of primary amides is 1. The number of amides is 2. The summed E-state index contributed by atoms with van der Waals surface area (Å²) in [7, 11) is 3.02. The average molecular weight is 402 g/mol. The summed E-state index contributed by atoms with van der Waals surface area (Å²) in [5.74, 6) is -1.31. The molecule has 2 amide bonds. The zero-order valence-electron chi connectivity index (χ0n) is 16.5. The molecule has 9 nitrogen and oxygen atoms in total. The second-order valence-corrected chi connectivity index (χ2v) is 5.75. The van der Waals surface area contributed by atoms with Gasteiger partial charge in [-0.15, -0.1) is 0 Å². The summed E-state index contributed by atoms with van der Waals surface area (Å²) in [5, 5.41) is 2.41. The Hall–Kier alpha value is -3.75. The molecule has 0 spiro atoms.